The van der Waals surface area contributed by atoms with Crippen molar-refractivity contribution in [2.45, 2.75) is 0 Å². The maximum absolute atomic E-state index is 13.5. The topological polar surface area (TPSA) is 17.1 Å². The summed E-state index contributed by atoms with van der Waals surface area (Å²) in [4.78, 5) is 10.7. The zero-order valence-electron chi connectivity index (χ0n) is 7.91. The molecule has 15 heavy (non-hydrogen) atoms. The summed E-state index contributed by atoms with van der Waals surface area (Å²) in [5, 5.41) is 0. The fourth-order valence-corrected chi connectivity index (χ4v) is 1.51. The van der Waals surface area contributed by atoms with Crippen molar-refractivity contribution in [3.8, 4) is 11.1 Å². The molecule has 0 amide bonds. The van der Waals surface area contributed by atoms with E-state index in [0.717, 1.165) is 0 Å². The Hall–Kier alpha value is -1.96. The van der Waals surface area contributed by atoms with Crippen molar-refractivity contribution >= 4 is 6.29 Å². The highest BCUT2D eigenvalue weighted by Crippen LogP contribution is 2.25. The molecule has 0 unspecified atom stereocenters. The number of rotatable bonds is 2. The molecule has 2 aromatic rings. The van der Waals surface area contributed by atoms with Gasteiger partial charge >= 0.3 is 0 Å². The molecular weight excluding hydrogens is 191 g/mol. The normalized spacial score (nSPS) is 9.93. The summed E-state index contributed by atoms with van der Waals surface area (Å²) < 4.78 is 13.5. The SMILES string of the molecule is O=[C]c1cccc(F)c1-c1ccccc1. The number of hydrogen-bond acceptors (Lipinski definition) is 1. The van der Waals surface area contributed by atoms with Crippen LogP contribution in [0.15, 0.2) is 48.5 Å². The van der Waals surface area contributed by atoms with Crippen LogP contribution in [0.4, 0.5) is 4.39 Å². The van der Waals surface area contributed by atoms with Crippen LogP contribution in [0.5, 0.6) is 0 Å². The van der Waals surface area contributed by atoms with Crippen LogP contribution in [0.2, 0.25) is 0 Å². The fourth-order valence-electron chi connectivity index (χ4n) is 1.51. The first-order valence-corrected chi connectivity index (χ1v) is 4.55. The van der Waals surface area contributed by atoms with Crippen LogP contribution in [0.25, 0.3) is 11.1 Å². The smallest absolute Gasteiger partial charge is 0.234 e. The quantitative estimate of drug-likeness (QED) is 0.726. The van der Waals surface area contributed by atoms with Crippen LogP contribution in [-0.4, -0.2) is 6.29 Å². The van der Waals surface area contributed by atoms with Gasteiger partial charge in [-0.15, -0.1) is 0 Å². The molecule has 0 saturated carbocycles. The Morgan fingerprint density at radius 3 is 2.33 bits per heavy atom. The average molecular weight is 199 g/mol. The molecule has 0 atom stereocenters. The minimum absolute atomic E-state index is 0.251. The first kappa shape index (κ1) is 9.59. The molecule has 0 heterocycles. The lowest BCUT2D eigenvalue weighted by Gasteiger charge is -2.05. The third-order valence-electron chi connectivity index (χ3n) is 2.19. The van der Waals surface area contributed by atoms with E-state index in [4.69, 9.17) is 0 Å². The second-order valence-corrected chi connectivity index (χ2v) is 3.13. The Balaban J connectivity index is 2.66. The summed E-state index contributed by atoms with van der Waals surface area (Å²) in [6.45, 7) is 0. The van der Waals surface area contributed by atoms with Crippen molar-refractivity contribution in [1.29, 1.82) is 0 Å². The predicted molar refractivity (Wildman–Crippen MR) is 56.6 cm³/mol. The number of halogens is 1. The van der Waals surface area contributed by atoms with Crippen LogP contribution >= 0.6 is 0 Å². The summed E-state index contributed by atoms with van der Waals surface area (Å²) >= 11 is 0. The number of carbonyl (C=O) groups excluding carboxylic acids is 1. The molecule has 2 heteroatoms. The lowest BCUT2D eigenvalue weighted by Crippen LogP contribution is -1.91. The predicted octanol–water partition coefficient (Wildman–Crippen LogP) is 2.95. The highest BCUT2D eigenvalue weighted by molar-refractivity contribution is 5.88. The largest absolute Gasteiger partial charge is 0.285 e. The van der Waals surface area contributed by atoms with Gasteiger partial charge in [-0.2, -0.15) is 0 Å². The molecule has 2 rings (SSSR count). The minimum Gasteiger partial charge on any atom is -0.285 e. The third kappa shape index (κ3) is 1.79. The molecule has 0 aromatic heterocycles. The summed E-state index contributed by atoms with van der Waals surface area (Å²) in [7, 11) is 0. The van der Waals surface area contributed by atoms with Crippen LogP contribution in [0, 0.1) is 5.82 Å². The van der Waals surface area contributed by atoms with Crippen molar-refractivity contribution in [3.05, 3.63) is 59.9 Å². The van der Waals surface area contributed by atoms with E-state index in [-0.39, 0.29) is 5.56 Å². The van der Waals surface area contributed by atoms with E-state index >= 15 is 0 Å². The van der Waals surface area contributed by atoms with E-state index in [0.29, 0.717) is 11.1 Å². The number of hydrogen-bond donors (Lipinski definition) is 0. The average Bonchev–Trinajstić information content (AvgIpc) is 2.29. The Kier molecular flexibility index (Phi) is 2.59. The van der Waals surface area contributed by atoms with Gasteiger partial charge in [-0.05, 0) is 11.6 Å². The summed E-state index contributed by atoms with van der Waals surface area (Å²) in [5.41, 5.74) is 1.25. The zero-order valence-corrected chi connectivity index (χ0v) is 7.91. The highest BCUT2D eigenvalue weighted by atomic mass is 19.1. The van der Waals surface area contributed by atoms with E-state index < -0.39 is 5.82 Å². The zero-order chi connectivity index (χ0) is 10.7. The van der Waals surface area contributed by atoms with Crippen molar-refractivity contribution in [2.75, 3.05) is 0 Å². The minimum atomic E-state index is -0.401. The molecule has 0 aliphatic carbocycles. The van der Waals surface area contributed by atoms with E-state index in [1.807, 2.05) is 6.07 Å². The van der Waals surface area contributed by atoms with E-state index in [2.05, 4.69) is 0 Å². The molecule has 0 aliphatic rings. The Morgan fingerprint density at radius 2 is 1.67 bits per heavy atom. The van der Waals surface area contributed by atoms with Gasteiger partial charge in [0, 0.05) is 11.1 Å². The van der Waals surface area contributed by atoms with Gasteiger partial charge in [0.25, 0.3) is 0 Å². The molecule has 0 fully saturated rings. The second-order valence-electron chi connectivity index (χ2n) is 3.13. The molecule has 2 aromatic carbocycles. The fraction of sp³-hybridized carbons (Fsp3) is 0. The maximum atomic E-state index is 13.5. The Morgan fingerprint density at radius 1 is 0.933 bits per heavy atom. The van der Waals surface area contributed by atoms with Gasteiger partial charge in [0.05, 0.1) is 0 Å². The molecule has 0 spiro atoms. The van der Waals surface area contributed by atoms with Gasteiger partial charge in [0.1, 0.15) is 5.82 Å². The summed E-state index contributed by atoms with van der Waals surface area (Å²) in [5.74, 6) is -0.401. The van der Waals surface area contributed by atoms with E-state index in [1.54, 1.807) is 36.6 Å². The first-order chi connectivity index (χ1) is 7.33. The lowest BCUT2D eigenvalue weighted by molar-refractivity contribution is 0.562. The van der Waals surface area contributed by atoms with Crippen molar-refractivity contribution in [2.24, 2.45) is 0 Å². The van der Waals surface area contributed by atoms with Crippen LogP contribution < -0.4 is 0 Å². The van der Waals surface area contributed by atoms with Crippen LogP contribution in [0.1, 0.15) is 5.56 Å². The molecule has 0 aliphatic heterocycles. The molecule has 1 radical (unpaired) electrons. The van der Waals surface area contributed by atoms with E-state index in [1.165, 1.54) is 12.1 Å². The van der Waals surface area contributed by atoms with Crippen molar-refractivity contribution in [1.82, 2.24) is 0 Å². The van der Waals surface area contributed by atoms with Crippen LogP contribution in [0.3, 0.4) is 0 Å². The molecule has 0 saturated heterocycles. The summed E-state index contributed by atoms with van der Waals surface area (Å²) in [6, 6.07) is 13.4. The lowest BCUT2D eigenvalue weighted by atomic mass is 10.00. The highest BCUT2D eigenvalue weighted by Gasteiger charge is 2.09. The molecule has 0 bridgehead atoms. The molecular formula is C13H8FO. The van der Waals surface area contributed by atoms with Crippen LogP contribution in [-0.2, 0) is 4.79 Å². The first-order valence-electron chi connectivity index (χ1n) is 4.55. The molecule has 73 valence electrons. The van der Waals surface area contributed by atoms with Gasteiger partial charge in [-0.3, -0.25) is 4.79 Å². The van der Waals surface area contributed by atoms with Gasteiger partial charge in [-0.1, -0.05) is 42.5 Å². The molecule has 0 N–H and O–H groups in total. The standard InChI is InChI=1S/C13H8FO/c14-12-8-4-7-11(9-15)13(12)10-5-2-1-3-6-10/h1-8H. The monoisotopic (exact) mass is 199 g/mol. The van der Waals surface area contributed by atoms with E-state index in [9.17, 15) is 9.18 Å². The van der Waals surface area contributed by atoms with Gasteiger partial charge in [0.15, 0.2) is 0 Å². The Bertz CT molecular complexity index is 477. The second kappa shape index (κ2) is 4.05. The Labute approximate surface area is 87.2 Å². The third-order valence-corrected chi connectivity index (χ3v) is 2.19. The van der Waals surface area contributed by atoms with Gasteiger partial charge in [0.2, 0.25) is 6.29 Å². The summed E-state index contributed by atoms with van der Waals surface area (Å²) in [6.07, 6.45) is 1.74. The van der Waals surface area contributed by atoms with Gasteiger partial charge in [-0.25, -0.2) is 4.39 Å². The maximum Gasteiger partial charge on any atom is 0.234 e. The molecule has 1 nitrogen and oxygen atoms in total. The number of benzene rings is 2. The van der Waals surface area contributed by atoms with Gasteiger partial charge < -0.3 is 0 Å². The van der Waals surface area contributed by atoms with Crippen molar-refractivity contribution < 1.29 is 9.18 Å². The van der Waals surface area contributed by atoms with Crippen molar-refractivity contribution in [3.63, 3.8) is 0 Å².